The molecule has 5 heteroatoms. The van der Waals surface area contributed by atoms with Crippen LogP contribution in [-0.4, -0.2) is 22.8 Å². The summed E-state index contributed by atoms with van der Waals surface area (Å²) in [6.45, 7) is 5.89. The van der Waals surface area contributed by atoms with Gasteiger partial charge in [-0.3, -0.25) is 0 Å². The van der Waals surface area contributed by atoms with Crippen LogP contribution in [0.3, 0.4) is 0 Å². The van der Waals surface area contributed by atoms with E-state index in [1.807, 2.05) is 0 Å². The standard InChI is InChI=1S/C13H24N4O/c1-3-10-6-5-7-11(8-10)15-13-17-16-12(18-13)9-14-4-2/h10-11,14H,3-9H2,1-2H3,(H,15,17). The van der Waals surface area contributed by atoms with Crippen molar-refractivity contribution in [3.05, 3.63) is 5.89 Å². The third kappa shape index (κ3) is 3.70. The lowest BCUT2D eigenvalue weighted by Gasteiger charge is -2.28. The van der Waals surface area contributed by atoms with Crippen LogP contribution in [-0.2, 0) is 6.54 Å². The molecule has 2 rings (SSSR count). The van der Waals surface area contributed by atoms with E-state index in [1.165, 1.54) is 32.1 Å². The van der Waals surface area contributed by atoms with Gasteiger partial charge in [-0.1, -0.05) is 38.2 Å². The molecule has 0 spiro atoms. The Kier molecular flexibility index (Phi) is 4.99. The maximum Gasteiger partial charge on any atom is 0.315 e. The molecule has 2 unspecified atom stereocenters. The van der Waals surface area contributed by atoms with Crippen molar-refractivity contribution in [2.45, 2.75) is 58.5 Å². The average Bonchev–Trinajstić information content (AvgIpc) is 2.84. The minimum absolute atomic E-state index is 0.496. The smallest absolute Gasteiger partial charge is 0.315 e. The Morgan fingerprint density at radius 1 is 1.28 bits per heavy atom. The van der Waals surface area contributed by atoms with E-state index in [2.05, 4.69) is 34.7 Å². The summed E-state index contributed by atoms with van der Waals surface area (Å²) in [4.78, 5) is 0. The van der Waals surface area contributed by atoms with E-state index >= 15 is 0 Å². The zero-order chi connectivity index (χ0) is 12.8. The molecule has 0 saturated heterocycles. The van der Waals surface area contributed by atoms with Gasteiger partial charge in [0.1, 0.15) is 0 Å². The lowest BCUT2D eigenvalue weighted by molar-refractivity contribution is 0.323. The predicted octanol–water partition coefficient (Wildman–Crippen LogP) is 2.56. The maximum absolute atomic E-state index is 5.56. The Balaban J connectivity index is 1.83. The van der Waals surface area contributed by atoms with Gasteiger partial charge in [-0.05, 0) is 25.3 Å². The summed E-state index contributed by atoms with van der Waals surface area (Å²) in [6, 6.07) is 1.07. The number of nitrogens with one attached hydrogen (secondary N) is 2. The van der Waals surface area contributed by atoms with Gasteiger partial charge in [-0.2, -0.15) is 0 Å². The fraction of sp³-hybridized carbons (Fsp3) is 0.846. The summed E-state index contributed by atoms with van der Waals surface area (Å²) in [5.74, 6) is 1.50. The second-order valence-corrected chi connectivity index (χ2v) is 5.06. The Bertz CT molecular complexity index is 353. The quantitative estimate of drug-likeness (QED) is 0.814. The second-order valence-electron chi connectivity index (χ2n) is 5.06. The molecule has 1 saturated carbocycles. The van der Waals surface area contributed by atoms with Crippen molar-refractivity contribution in [3.63, 3.8) is 0 Å². The van der Waals surface area contributed by atoms with E-state index in [1.54, 1.807) is 0 Å². The zero-order valence-corrected chi connectivity index (χ0v) is 11.4. The molecular weight excluding hydrogens is 228 g/mol. The number of hydrogen-bond acceptors (Lipinski definition) is 5. The molecule has 1 fully saturated rings. The Labute approximate surface area is 109 Å². The van der Waals surface area contributed by atoms with Crippen molar-refractivity contribution in [2.75, 3.05) is 11.9 Å². The van der Waals surface area contributed by atoms with Crippen LogP contribution in [0.15, 0.2) is 4.42 Å². The summed E-state index contributed by atoms with van der Waals surface area (Å²) < 4.78 is 5.56. The molecule has 18 heavy (non-hydrogen) atoms. The minimum Gasteiger partial charge on any atom is -0.407 e. The maximum atomic E-state index is 5.56. The Hall–Kier alpha value is -1.10. The number of anilines is 1. The lowest BCUT2D eigenvalue weighted by atomic mass is 9.84. The van der Waals surface area contributed by atoms with Crippen LogP contribution in [0, 0.1) is 5.92 Å². The van der Waals surface area contributed by atoms with Crippen LogP contribution in [0.1, 0.15) is 51.8 Å². The Morgan fingerprint density at radius 2 is 2.17 bits per heavy atom. The average molecular weight is 252 g/mol. The van der Waals surface area contributed by atoms with Crippen molar-refractivity contribution in [1.82, 2.24) is 15.5 Å². The third-order valence-corrected chi connectivity index (χ3v) is 3.68. The first-order valence-corrected chi connectivity index (χ1v) is 7.11. The zero-order valence-electron chi connectivity index (χ0n) is 11.4. The lowest BCUT2D eigenvalue weighted by Crippen LogP contribution is -2.27. The largest absolute Gasteiger partial charge is 0.407 e. The van der Waals surface area contributed by atoms with Crippen LogP contribution in [0.4, 0.5) is 6.01 Å². The number of nitrogens with zero attached hydrogens (tertiary/aromatic N) is 2. The van der Waals surface area contributed by atoms with Gasteiger partial charge in [0.25, 0.3) is 0 Å². The van der Waals surface area contributed by atoms with E-state index in [0.717, 1.165) is 12.5 Å². The van der Waals surface area contributed by atoms with Crippen LogP contribution in [0.25, 0.3) is 0 Å². The first-order valence-electron chi connectivity index (χ1n) is 7.11. The summed E-state index contributed by atoms with van der Waals surface area (Å²) in [5, 5.41) is 14.6. The van der Waals surface area contributed by atoms with Crippen LogP contribution in [0.2, 0.25) is 0 Å². The van der Waals surface area contributed by atoms with Crippen molar-refractivity contribution in [2.24, 2.45) is 5.92 Å². The molecule has 1 heterocycles. The molecular formula is C13H24N4O. The number of hydrogen-bond donors (Lipinski definition) is 2. The van der Waals surface area contributed by atoms with Crippen molar-refractivity contribution in [3.8, 4) is 0 Å². The fourth-order valence-corrected chi connectivity index (χ4v) is 2.58. The van der Waals surface area contributed by atoms with E-state index in [0.29, 0.717) is 24.5 Å². The van der Waals surface area contributed by atoms with Gasteiger partial charge < -0.3 is 15.1 Å². The molecule has 1 aliphatic carbocycles. The van der Waals surface area contributed by atoms with Crippen molar-refractivity contribution in [1.29, 1.82) is 0 Å². The monoisotopic (exact) mass is 252 g/mol. The third-order valence-electron chi connectivity index (χ3n) is 3.68. The summed E-state index contributed by atoms with van der Waals surface area (Å²) in [6.07, 6.45) is 6.37. The predicted molar refractivity (Wildman–Crippen MR) is 71.3 cm³/mol. The molecule has 0 aliphatic heterocycles. The summed E-state index contributed by atoms with van der Waals surface area (Å²) in [5.41, 5.74) is 0. The van der Waals surface area contributed by atoms with Gasteiger partial charge in [0.05, 0.1) is 6.54 Å². The molecule has 102 valence electrons. The minimum atomic E-state index is 0.496. The molecule has 1 aromatic heterocycles. The van der Waals surface area contributed by atoms with Gasteiger partial charge in [0.2, 0.25) is 5.89 Å². The van der Waals surface area contributed by atoms with Crippen LogP contribution < -0.4 is 10.6 Å². The van der Waals surface area contributed by atoms with Crippen LogP contribution in [0.5, 0.6) is 0 Å². The summed E-state index contributed by atoms with van der Waals surface area (Å²) >= 11 is 0. The highest BCUT2D eigenvalue weighted by Crippen LogP contribution is 2.28. The van der Waals surface area contributed by atoms with Gasteiger partial charge in [-0.25, -0.2) is 0 Å². The van der Waals surface area contributed by atoms with Gasteiger partial charge in [-0.15, -0.1) is 5.10 Å². The summed E-state index contributed by atoms with van der Waals surface area (Å²) in [7, 11) is 0. The topological polar surface area (TPSA) is 63.0 Å². The highest BCUT2D eigenvalue weighted by atomic mass is 16.4. The van der Waals surface area contributed by atoms with Crippen molar-refractivity contribution < 1.29 is 4.42 Å². The molecule has 2 N–H and O–H groups in total. The fourth-order valence-electron chi connectivity index (χ4n) is 2.58. The second kappa shape index (κ2) is 6.73. The molecule has 0 radical (unpaired) electrons. The molecule has 1 aromatic rings. The first kappa shape index (κ1) is 13.3. The van der Waals surface area contributed by atoms with E-state index in [4.69, 9.17) is 4.42 Å². The van der Waals surface area contributed by atoms with Gasteiger partial charge in [0.15, 0.2) is 0 Å². The molecule has 5 nitrogen and oxygen atoms in total. The molecule has 0 bridgehead atoms. The molecule has 1 aliphatic rings. The van der Waals surface area contributed by atoms with Crippen LogP contribution >= 0.6 is 0 Å². The van der Waals surface area contributed by atoms with Gasteiger partial charge >= 0.3 is 6.01 Å². The van der Waals surface area contributed by atoms with Gasteiger partial charge in [0, 0.05) is 6.04 Å². The Morgan fingerprint density at radius 3 is 2.94 bits per heavy atom. The number of rotatable bonds is 6. The molecule has 0 aromatic carbocycles. The van der Waals surface area contributed by atoms with E-state index < -0.39 is 0 Å². The highest BCUT2D eigenvalue weighted by Gasteiger charge is 2.22. The highest BCUT2D eigenvalue weighted by molar-refractivity contribution is 5.19. The number of aromatic nitrogens is 2. The SMILES string of the molecule is CCNCc1nnc(NC2CCCC(CC)C2)o1. The van der Waals surface area contributed by atoms with Crippen molar-refractivity contribution >= 4 is 6.01 Å². The molecule has 0 amide bonds. The molecule has 2 atom stereocenters. The first-order chi connectivity index (χ1) is 8.81. The van der Waals surface area contributed by atoms with E-state index in [-0.39, 0.29) is 0 Å². The van der Waals surface area contributed by atoms with E-state index in [9.17, 15) is 0 Å². The normalized spacial score (nSPS) is 24.1.